The topological polar surface area (TPSA) is 40.5 Å². The molecule has 0 saturated carbocycles. The summed E-state index contributed by atoms with van der Waals surface area (Å²) in [6.07, 6.45) is -1.52. The number of alkyl halides is 2. The third kappa shape index (κ3) is 4.11. The zero-order valence-corrected chi connectivity index (χ0v) is 9.46. The van der Waals surface area contributed by atoms with Gasteiger partial charge in [0.2, 0.25) is 0 Å². The van der Waals surface area contributed by atoms with Gasteiger partial charge in [-0.15, -0.1) is 0 Å². The molecule has 0 radical (unpaired) electrons. The Morgan fingerprint density at radius 1 is 1.40 bits per heavy atom. The molecule has 0 bridgehead atoms. The predicted octanol–water partition coefficient (Wildman–Crippen LogP) is 2.07. The Kier molecular flexibility index (Phi) is 5.72. The Balaban J connectivity index is 4.47. The largest absolute Gasteiger partial charge is 0.481 e. The fraction of sp³-hybridized carbons (Fsp3) is 0.900. The average molecular weight is 223 g/mol. The van der Waals surface area contributed by atoms with E-state index in [-0.39, 0.29) is 13.1 Å². The quantitative estimate of drug-likeness (QED) is 0.718. The summed E-state index contributed by atoms with van der Waals surface area (Å²) in [6, 6.07) is 0. The molecule has 0 aromatic carbocycles. The van der Waals surface area contributed by atoms with Crippen molar-refractivity contribution >= 4 is 5.97 Å². The molecule has 90 valence electrons. The van der Waals surface area contributed by atoms with E-state index in [2.05, 4.69) is 0 Å². The highest BCUT2D eigenvalue weighted by Crippen LogP contribution is 2.27. The van der Waals surface area contributed by atoms with E-state index in [0.717, 1.165) is 0 Å². The van der Waals surface area contributed by atoms with Gasteiger partial charge < -0.3 is 5.11 Å². The van der Waals surface area contributed by atoms with Gasteiger partial charge in [-0.05, 0) is 19.9 Å². The van der Waals surface area contributed by atoms with Gasteiger partial charge in [0.25, 0.3) is 6.43 Å². The lowest BCUT2D eigenvalue weighted by molar-refractivity contribution is -0.151. The molecular weight excluding hydrogens is 204 g/mol. The highest BCUT2D eigenvalue weighted by molar-refractivity contribution is 5.74. The lowest BCUT2D eigenvalue weighted by Gasteiger charge is -2.31. The predicted molar refractivity (Wildman–Crippen MR) is 54.2 cm³/mol. The Hall–Kier alpha value is -0.710. The molecule has 0 aromatic heterocycles. The molecule has 0 aliphatic rings. The summed E-state index contributed by atoms with van der Waals surface area (Å²) < 4.78 is 24.2. The highest BCUT2D eigenvalue weighted by Gasteiger charge is 2.36. The monoisotopic (exact) mass is 223 g/mol. The van der Waals surface area contributed by atoms with E-state index in [0.29, 0.717) is 12.8 Å². The zero-order valence-electron chi connectivity index (χ0n) is 9.46. The molecule has 0 unspecified atom stereocenters. The first-order chi connectivity index (χ1) is 6.88. The molecule has 0 atom stereocenters. The van der Waals surface area contributed by atoms with Crippen molar-refractivity contribution in [3.8, 4) is 0 Å². The minimum atomic E-state index is -2.42. The van der Waals surface area contributed by atoms with Gasteiger partial charge in [-0.3, -0.25) is 9.69 Å². The van der Waals surface area contributed by atoms with Gasteiger partial charge in [-0.2, -0.15) is 0 Å². The molecule has 0 aliphatic carbocycles. The van der Waals surface area contributed by atoms with Crippen LogP contribution in [0.2, 0.25) is 0 Å². The van der Waals surface area contributed by atoms with Crippen LogP contribution in [0.25, 0.3) is 0 Å². The Morgan fingerprint density at radius 3 is 2.13 bits per heavy atom. The van der Waals surface area contributed by atoms with Crippen molar-refractivity contribution in [1.82, 2.24) is 4.90 Å². The number of aliphatic carboxylic acids is 1. The van der Waals surface area contributed by atoms with Crippen molar-refractivity contribution in [2.24, 2.45) is 5.41 Å². The van der Waals surface area contributed by atoms with Crippen LogP contribution in [-0.4, -0.2) is 42.5 Å². The molecule has 0 fully saturated rings. The first kappa shape index (κ1) is 14.3. The van der Waals surface area contributed by atoms with Crippen molar-refractivity contribution in [1.29, 1.82) is 0 Å². The molecule has 5 heteroatoms. The van der Waals surface area contributed by atoms with Crippen LogP contribution in [0, 0.1) is 5.41 Å². The van der Waals surface area contributed by atoms with E-state index in [4.69, 9.17) is 5.11 Å². The summed E-state index contributed by atoms with van der Waals surface area (Å²) in [5.41, 5.74) is -0.899. The number of rotatable bonds is 7. The number of nitrogens with zero attached hydrogens (tertiary/aromatic N) is 1. The first-order valence-electron chi connectivity index (χ1n) is 5.08. The fourth-order valence-electron chi connectivity index (χ4n) is 1.66. The second-order valence-corrected chi connectivity index (χ2v) is 3.88. The minimum Gasteiger partial charge on any atom is -0.481 e. The molecule has 0 spiro atoms. The lowest BCUT2D eigenvalue weighted by Crippen LogP contribution is -2.42. The summed E-state index contributed by atoms with van der Waals surface area (Å²) in [5, 5.41) is 9.09. The fourth-order valence-corrected chi connectivity index (χ4v) is 1.66. The summed E-state index contributed by atoms with van der Waals surface area (Å²) in [5.74, 6) is -0.909. The molecule has 0 saturated heterocycles. The van der Waals surface area contributed by atoms with Crippen molar-refractivity contribution in [2.75, 3.05) is 20.1 Å². The molecule has 0 amide bonds. The standard InChI is InChI=1S/C10H19F2NO2/c1-4-10(5-2,9(14)15)7-13(3)6-8(11)12/h8H,4-7H2,1-3H3,(H,14,15). The van der Waals surface area contributed by atoms with Gasteiger partial charge in [0, 0.05) is 6.54 Å². The lowest BCUT2D eigenvalue weighted by atomic mass is 9.82. The SMILES string of the molecule is CCC(CC)(CN(C)CC(F)F)C(=O)O. The van der Waals surface area contributed by atoms with E-state index >= 15 is 0 Å². The maximum atomic E-state index is 12.1. The van der Waals surface area contributed by atoms with Gasteiger partial charge in [-0.25, -0.2) is 8.78 Å². The number of hydrogen-bond acceptors (Lipinski definition) is 2. The maximum absolute atomic E-state index is 12.1. The number of halogens is 2. The van der Waals surface area contributed by atoms with Crippen LogP contribution >= 0.6 is 0 Å². The van der Waals surface area contributed by atoms with Gasteiger partial charge >= 0.3 is 5.97 Å². The van der Waals surface area contributed by atoms with Gasteiger partial charge in [0.1, 0.15) is 0 Å². The first-order valence-corrected chi connectivity index (χ1v) is 5.08. The van der Waals surface area contributed by atoms with E-state index in [1.807, 2.05) is 0 Å². The van der Waals surface area contributed by atoms with Crippen LogP contribution in [0.4, 0.5) is 8.78 Å². The number of carboxylic acids is 1. The molecule has 0 rings (SSSR count). The third-order valence-corrected chi connectivity index (χ3v) is 2.83. The summed E-state index contributed by atoms with van der Waals surface area (Å²) in [4.78, 5) is 12.5. The van der Waals surface area contributed by atoms with E-state index in [9.17, 15) is 13.6 Å². The van der Waals surface area contributed by atoms with Crippen molar-refractivity contribution in [3.05, 3.63) is 0 Å². The molecule has 0 heterocycles. The smallest absolute Gasteiger partial charge is 0.310 e. The van der Waals surface area contributed by atoms with E-state index < -0.39 is 17.8 Å². The number of carboxylic acid groups (broad SMARTS) is 1. The molecule has 0 aliphatic heterocycles. The van der Waals surface area contributed by atoms with Crippen LogP contribution in [0.1, 0.15) is 26.7 Å². The third-order valence-electron chi connectivity index (χ3n) is 2.83. The van der Waals surface area contributed by atoms with E-state index in [1.165, 1.54) is 11.9 Å². The van der Waals surface area contributed by atoms with Gasteiger partial charge in [-0.1, -0.05) is 13.8 Å². The zero-order chi connectivity index (χ0) is 12.1. The summed E-state index contributed by atoms with van der Waals surface area (Å²) in [6.45, 7) is 3.33. The van der Waals surface area contributed by atoms with Crippen molar-refractivity contribution in [3.63, 3.8) is 0 Å². The molecular formula is C10H19F2NO2. The Labute approximate surface area is 89.1 Å². The van der Waals surface area contributed by atoms with E-state index in [1.54, 1.807) is 13.8 Å². The number of carbonyl (C=O) groups is 1. The Bertz CT molecular complexity index is 206. The minimum absolute atomic E-state index is 0.166. The van der Waals surface area contributed by atoms with Crippen LogP contribution in [0.5, 0.6) is 0 Å². The second-order valence-electron chi connectivity index (χ2n) is 3.88. The van der Waals surface area contributed by atoms with Crippen molar-refractivity contribution < 1.29 is 18.7 Å². The summed E-state index contributed by atoms with van der Waals surface area (Å²) >= 11 is 0. The average Bonchev–Trinajstić information content (AvgIpc) is 2.12. The van der Waals surface area contributed by atoms with Gasteiger partial charge in [0.05, 0.1) is 12.0 Å². The van der Waals surface area contributed by atoms with Crippen molar-refractivity contribution in [2.45, 2.75) is 33.1 Å². The summed E-state index contributed by atoms with van der Waals surface area (Å²) in [7, 11) is 1.52. The van der Waals surface area contributed by atoms with Crippen LogP contribution in [0.3, 0.4) is 0 Å². The Morgan fingerprint density at radius 2 is 1.87 bits per heavy atom. The number of hydrogen-bond donors (Lipinski definition) is 1. The molecule has 3 nitrogen and oxygen atoms in total. The van der Waals surface area contributed by atoms with Crippen LogP contribution in [-0.2, 0) is 4.79 Å². The second kappa shape index (κ2) is 6.00. The normalized spacial score (nSPS) is 12.5. The van der Waals surface area contributed by atoms with Crippen LogP contribution in [0.15, 0.2) is 0 Å². The highest BCUT2D eigenvalue weighted by atomic mass is 19.3. The van der Waals surface area contributed by atoms with Gasteiger partial charge in [0.15, 0.2) is 0 Å². The maximum Gasteiger partial charge on any atom is 0.310 e. The van der Waals surface area contributed by atoms with Crippen LogP contribution < -0.4 is 0 Å². The molecule has 1 N–H and O–H groups in total. The molecule has 15 heavy (non-hydrogen) atoms. The molecule has 0 aromatic rings.